The van der Waals surface area contributed by atoms with Crippen LogP contribution in [0.5, 0.6) is 5.75 Å². The van der Waals surface area contributed by atoms with Crippen molar-refractivity contribution in [3.05, 3.63) is 77.7 Å². The van der Waals surface area contributed by atoms with Gasteiger partial charge in [-0.25, -0.2) is 13.4 Å². The number of ether oxygens (including phenoxy) is 1. The van der Waals surface area contributed by atoms with Crippen LogP contribution in [0.4, 0.5) is 0 Å². The molecule has 4 rings (SSSR count). The Hall–Kier alpha value is -2.35. The number of nitrogens with two attached hydrogens (primary N) is 1. The first-order valence-electron chi connectivity index (χ1n) is 11.2. The van der Waals surface area contributed by atoms with Crippen LogP contribution in [0.15, 0.2) is 66.1 Å². The van der Waals surface area contributed by atoms with Crippen LogP contribution in [0.3, 0.4) is 0 Å². The van der Waals surface area contributed by atoms with Gasteiger partial charge in [0, 0.05) is 13.2 Å². The highest BCUT2D eigenvalue weighted by atomic mass is 35.5. The van der Waals surface area contributed by atoms with E-state index in [1.54, 1.807) is 11.6 Å². The Morgan fingerprint density at radius 3 is 2.67 bits per heavy atom. The van der Waals surface area contributed by atoms with Crippen molar-refractivity contribution in [2.75, 3.05) is 18.9 Å². The summed E-state index contributed by atoms with van der Waals surface area (Å²) >= 11 is 0. The van der Waals surface area contributed by atoms with Gasteiger partial charge < -0.3 is 15.0 Å². The fraction of sp³-hybridized carbons (Fsp3) is 0.400. The van der Waals surface area contributed by atoms with E-state index in [1.165, 1.54) is 29.2 Å². The van der Waals surface area contributed by atoms with Crippen molar-refractivity contribution in [1.82, 2.24) is 9.55 Å². The highest BCUT2D eigenvalue weighted by molar-refractivity contribution is 7.91. The standard InChI is InChI=1S/C25H31N3O3S.ClH/c1-28-17-25(27-18-28)32(29,30)13-5-12-31-22-11-10-20-8-9-21(16-26)23(24(20)15-22)14-19-6-3-2-4-7-19;/h2-4,6-7,10-11,15,17-18,21,23H,5,8-9,12-14,16,26H2,1H3;1H/t21-,23+;/m0./s1. The largest absolute Gasteiger partial charge is 0.494 e. The predicted molar refractivity (Wildman–Crippen MR) is 133 cm³/mol. The van der Waals surface area contributed by atoms with Gasteiger partial charge in [-0.3, -0.25) is 0 Å². The van der Waals surface area contributed by atoms with Gasteiger partial charge in [0.15, 0.2) is 14.9 Å². The lowest BCUT2D eigenvalue weighted by molar-refractivity contribution is 0.314. The molecule has 2 aromatic carbocycles. The summed E-state index contributed by atoms with van der Waals surface area (Å²) in [6.07, 6.45) is 6.53. The first-order chi connectivity index (χ1) is 15.5. The summed E-state index contributed by atoms with van der Waals surface area (Å²) in [5, 5.41) is 0.116. The van der Waals surface area contributed by atoms with Crippen LogP contribution < -0.4 is 10.5 Å². The number of aromatic nitrogens is 2. The van der Waals surface area contributed by atoms with E-state index in [1.807, 2.05) is 12.1 Å². The molecule has 0 radical (unpaired) electrons. The molecule has 0 aliphatic heterocycles. The highest BCUT2D eigenvalue weighted by Gasteiger charge is 2.29. The third-order valence-corrected chi connectivity index (χ3v) is 7.97. The van der Waals surface area contributed by atoms with E-state index in [2.05, 4.69) is 41.4 Å². The Morgan fingerprint density at radius 1 is 1.18 bits per heavy atom. The number of aryl methyl sites for hydroxylation is 2. The van der Waals surface area contributed by atoms with E-state index in [4.69, 9.17) is 10.5 Å². The van der Waals surface area contributed by atoms with E-state index >= 15 is 0 Å². The molecule has 1 aliphatic carbocycles. The Kier molecular flexibility index (Phi) is 8.57. The molecule has 2 N–H and O–H groups in total. The molecule has 0 amide bonds. The Morgan fingerprint density at radius 2 is 1.97 bits per heavy atom. The molecule has 8 heteroatoms. The lowest BCUT2D eigenvalue weighted by atomic mass is 9.72. The van der Waals surface area contributed by atoms with E-state index in [-0.39, 0.29) is 23.2 Å². The first kappa shape index (κ1) is 25.3. The topological polar surface area (TPSA) is 87.2 Å². The third-order valence-electron chi connectivity index (χ3n) is 6.30. The highest BCUT2D eigenvalue weighted by Crippen LogP contribution is 2.39. The molecule has 2 atom stereocenters. The van der Waals surface area contributed by atoms with E-state index in [0.717, 1.165) is 25.0 Å². The number of halogens is 1. The zero-order valence-electron chi connectivity index (χ0n) is 18.9. The lowest BCUT2D eigenvalue weighted by Gasteiger charge is -2.33. The van der Waals surface area contributed by atoms with Crippen LogP contribution in [0, 0.1) is 5.92 Å². The molecule has 0 fully saturated rings. The Labute approximate surface area is 202 Å². The van der Waals surface area contributed by atoms with Gasteiger partial charge in [0.2, 0.25) is 0 Å². The molecule has 0 saturated heterocycles. The predicted octanol–water partition coefficient (Wildman–Crippen LogP) is 3.93. The molecular formula is C25H32ClN3O3S. The number of sulfone groups is 1. The fourth-order valence-electron chi connectivity index (χ4n) is 4.55. The second kappa shape index (κ2) is 11.2. The van der Waals surface area contributed by atoms with E-state index < -0.39 is 9.84 Å². The summed E-state index contributed by atoms with van der Waals surface area (Å²) < 4.78 is 32.4. The Bertz CT molecular complexity index is 1150. The maximum absolute atomic E-state index is 12.4. The van der Waals surface area contributed by atoms with Crippen molar-refractivity contribution in [3.8, 4) is 5.75 Å². The number of hydrogen-bond donors (Lipinski definition) is 1. The molecule has 0 bridgehead atoms. The molecule has 178 valence electrons. The number of fused-ring (bicyclic) bond motifs is 1. The van der Waals surface area contributed by atoms with Gasteiger partial charge in [0.1, 0.15) is 5.75 Å². The van der Waals surface area contributed by atoms with Gasteiger partial charge in [-0.15, -0.1) is 12.4 Å². The summed E-state index contributed by atoms with van der Waals surface area (Å²) in [6, 6.07) is 16.8. The summed E-state index contributed by atoms with van der Waals surface area (Å²) in [5.41, 5.74) is 10.1. The van der Waals surface area contributed by atoms with Crippen molar-refractivity contribution in [2.24, 2.45) is 18.7 Å². The van der Waals surface area contributed by atoms with Crippen molar-refractivity contribution in [3.63, 3.8) is 0 Å². The van der Waals surface area contributed by atoms with E-state index in [9.17, 15) is 8.42 Å². The molecule has 33 heavy (non-hydrogen) atoms. The number of nitrogens with zero attached hydrogens (tertiary/aromatic N) is 2. The van der Waals surface area contributed by atoms with Gasteiger partial charge >= 0.3 is 0 Å². The van der Waals surface area contributed by atoms with Gasteiger partial charge in [-0.2, -0.15) is 0 Å². The van der Waals surface area contributed by atoms with Crippen LogP contribution in [0.25, 0.3) is 0 Å². The molecule has 3 aromatic rings. The van der Waals surface area contributed by atoms with Gasteiger partial charge in [-0.05, 0) is 72.9 Å². The summed E-state index contributed by atoms with van der Waals surface area (Å²) in [5.74, 6) is 1.61. The van der Waals surface area contributed by atoms with Crippen LogP contribution in [-0.2, 0) is 29.7 Å². The molecule has 0 saturated carbocycles. The second-order valence-electron chi connectivity index (χ2n) is 8.59. The van der Waals surface area contributed by atoms with Crippen LogP contribution in [-0.4, -0.2) is 36.9 Å². The Balaban J connectivity index is 0.00000306. The number of imidazole rings is 1. The summed E-state index contributed by atoms with van der Waals surface area (Å²) in [7, 11) is -1.63. The number of rotatable bonds is 9. The molecule has 0 spiro atoms. The molecule has 1 heterocycles. The quantitative estimate of drug-likeness (QED) is 0.460. The van der Waals surface area contributed by atoms with Gasteiger partial charge in [-0.1, -0.05) is 36.4 Å². The molecule has 1 aromatic heterocycles. The average molecular weight is 490 g/mol. The minimum absolute atomic E-state index is 0. The maximum Gasteiger partial charge on any atom is 0.197 e. The van der Waals surface area contributed by atoms with Crippen LogP contribution in [0.1, 0.15) is 35.4 Å². The first-order valence-corrected chi connectivity index (χ1v) is 12.8. The van der Waals surface area contributed by atoms with Crippen LogP contribution in [0.2, 0.25) is 0 Å². The molecule has 1 aliphatic rings. The summed E-state index contributed by atoms with van der Waals surface area (Å²) in [4.78, 5) is 3.95. The van der Waals surface area contributed by atoms with Crippen molar-refractivity contribution in [2.45, 2.75) is 36.6 Å². The fourth-order valence-corrected chi connectivity index (χ4v) is 5.79. The van der Waals surface area contributed by atoms with Crippen molar-refractivity contribution < 1.29 is 13.2 Å². The number of benzene rings is 2. The van der Waals surface area contributed by atoms with Crippen molar-refractivity contribution >= 4 is 22.2 Å². The summed E-state index contributed by atoms with van der Waals surface area (Å²) in [6.45, 7) is 1.02. The molecule has 0 unspecified atom stereocenters. The molecular weight excluding hydrogens is 458 g/mol. The average Bonchev–Trinajstić information content (AvgIpc) is 3.25. The SMILES string of the molecule is Cl.Cn1cnc(S(=O)(=O)CCCOc2ccc3c(c2)[C@H](Cc2ccccc2)[C@H](CN)CC3)c1. The van der Waals surface area contributed by atoms with Crippen LogP contribution >= 0.6 is 12.4 Å². The maximum atomic E-state index is 12.4. The number of hydrogen-bond acceptors (Lipinski definition) is 5. The third kappa shape index (κ3) is 6.16. The lowest BCUT2D eigenvalue weighted by Crippen LogP contribution is -2.28. The zero-order valence-corrected chi connectivity index (χ0v) is 20.5. The minimum atomic E-state index is -3.39. The van der Waals surface area contributed by atoms with Gasteiger partial charge in [0.25, 0.3) is 0 Å². The molecule has 6 nitrogen and oxygen atoms in total. The van der Waals surface area contributed by atoms with Crippen molar-refractivity contribution in [1.29, 1.82) is 0 Å². The monoisotopic (exact) mass is 489 g/mol. The zero-order chi connectivity index (χ0) is 22.6. The van der Waals surface area contributed by atoms with Gasteiger partial charge in [0.05, 0.1) is 18.7 Å². The van der Waals surface area contributed by atoms with E-state index in [0.29, 0.717) is 31.4 Å². The minimum Gasteiger partial charge on any atom is -0.494 e. The normalized spacial score (nSPS) is 17.8. The second-order valence-corrected chi connectivity index (χ2v) is 10.6. The smallest absolute Gasteiger partial charge is 0.197 e.